The number of carbonyl (C=O) groups excluding carboxylic acids is 1. The second-order valence-corrected chi connectivity index (χ2v) is 7.55. The van der Waals surface area contributed by atoms with Gasteiger partial charge in [0.25, 0.3) is 0 Å². The Morgan fingerprint density at radius 2 is 1.86 bits per heavy atom. The molecule has 2 aliphatic carbocycles. The van der Waals surface area contributed by atoms with E-state index in [0.717, 1.165) is 12.0 Å². The van der Waals surface area contributed by atoms with Gasteiger partial charge in [-0.15, -0.1) is 0 Å². The third kappa shape index (κ3) is 3.30. The smallest absolute Gasteiger partial charge is 0.490 e. The number of hydrogen-bond acceptors (Lipinski definition) is 5. The van der Waals surface area contributed by atoms with Crippen molar-refractivity contribution in [2.75, 3.05) is 6.54 Å². The third-order valence-electron chi connectivity index (χ3n) is 6.10. The fraction of sp³-hybridized carbons (Fsp3) is 0.556. The van der Waals surface area contributed by atoms with Crippen molar-refractivity contribution in [2.24, 2.45) is 5.92 Å². The molecule has 0 spiro atoms. The van der Waals surface area contributed by atoms with Gasteiger partial charge < -0.3 is 25.6 Å². The van der Waals surface area contributed by atoms with Crippen molar-refractivity contribution < 1.29 is 43.1 Å². The van der Waals surface area contributed by atoms with Gasteiger partial charge in [-0.3, -0.25) is 4.79 Å². The predicted octanol–water partition coefficient (Wildman–Crippen LogP) is 1.05. The van der Waals surface area contributed by atoms with Gasteiger partial charge in [0.15, 0.2) is 0 Å². The molecule has 1 aromatic rings. The Labute approximate surface area is 158 Å². The maximum absolute atomic E-state index is 12.3. The molecule has 4 N–H and O–H groups in total. The van der Waals surface area contributed by atoms with Crippen LogP contribution in [-0.2, 0) is 21.4 Å². The third-order valence-corrected chi connectivity index (χ3v) is 6.10. The van der Waals surface area contributed by atoms with Crippen LogP contribution in [0.2, 0.25) is 0 Å². The maximum Gasteiger partial charge on any atom is 0.490 e. The number of nitrogens with one attached hydrogen (secondary N) is 1. The summed E-state index contributed by atoms with van der Waals surface area (Å²) in [6, 6.07) is 2.89. The number of benzene rings is 1. The number of carboxylic acid groups (broad SMARTS) is 1. The van der Waals surface area contributed by atoms with Crippen molar-refractivity contribution >= 4 is 11.8 Å². The molecule has 4 atom stereocenters. The number of aromatic hydroxyl groups is 2. The highest BCUT2D eigenvalue weighted by Crippen LogP contribution is 2.55. The topological polar surface area (TPSA) is 122 Å². The molecule has 7 nitrogen and oxygen atoms in total. The lowest BCUT2D eigenvalue weighted by Crippen LogP contribution is -3.15. The minimum Gasteiger partial charge on any atom is -0.634 e. The second kappa shape index (κ2) is 6.93. The number of alkyl halides is 3. The molecule has 3 aliphatic rings. The summed E-state index contributed by atoms with van der Waals surface area (Å²) in [4.78, 5) is 21.0. The number of piperidine rings is 1. The summed E-state index contributed by atoms with van der Waals surface area (Å²) >= 11 is 0. The van der Waals surface area contributed by atoms with E-state index in [-0.39, 0.29) is 34.3 Å². The molecule has 28 heavy (non-hydrogen) atoms. The van der Waals surface area contributed by atoms with E-state index < -0.39 is 17.6 Å². The highest BCUT2D eigenvalue weighted by molar-refractivity contribution is 5.82. The maximum atomic E-state index is 12.3. The summed E-state index contributed by atoms with van der Waals surface area (Å²) in [6.45, 7) is 0.475. The van der Waals surface area contributed by atoms with Crippen LogP contribution in [0.1, 0.15) is 36.8 Å². The van der Waals surface area contributed by atoms with Gasteiger partial charge in [-0.1, -0.05) is 0 Å². The van der Waals surface area contributed by atoms with Gasteiger partial charge in [-0.05, 0) is 18.6 Å². The number of carbonyl (C=O) groups is 2. The largest absolute Gasteiger partial charge is 0.634 e. The van der Waals surface area contributed by atoms with Gasteiger partial charge in [-0.2, -0.15) is 13.2 Å². The monoisotopic (exact) mass is 403 g/mol. The number of fused-ring (bicyclic) bond motifs is 1. The number of rotatable bonds is 0. The van der Waals surface area contributed by atoms with E-state index >= 15 is 0 Å². The highest BCUT2D eigenvalue weighted by Gasteiger charge is 2.58. The van der Waals surface area contributed by atoms with E-state index in [1.54, 1.807) is 0 Å². The molecule has 4 rings (SSSR count). The predicted molar refractivity (Wildman–Crippen MR) is 88.8 cm³/mol. The molecular weight excluding hydrogens is 383 g/mol. The van der Waals surface area contributed by atoms with E-state index in [9.17, 15) is 33.4 Å². The minimum atomic E-state index is -5.08. The number of aliphatic carboxylic acids is 1. The molecule has 154 valence electrons. The van der Waals surface area contributed by atoms with Crippen LogP contribution >= 0.6 is 0 Å². The highest BCUT2D eigenvalue weighted by atomic mass is 19.4. The molecule has 1 aliphatic heterocycles. The molecule has 1 heterocycles. The van der Waals surface area contributed by atoms with Crippen LogP contribution in [0.25, 0.3) is 0 Å². The van der Waals surface area contributed by atoms with E-state index in [4.69, 9.17) is 9.90 Å². The van der Waals surface area contributed by atoms with Crippen LogP contribution < -0.4 is 5.06 Å². The zero-order valence-corrected chi connectivity index (χ0v) is 14.8. The number of Topliss-reactive ketones (excluding diaryl/α,β-unsaturated/α-hetero) is 1. The standard InChI is InChI=1S/C16H19NO4.C2HF3O2/c18-9-1-2-11-12-7-10-13(19)3-4-14(20)15(10)16(11,8-9)5-6-17(12)21;3-2(4,5)1(6)7/h3-4,11-12,17,19-20H,1-2,5-8H2;(H,6,7)/t11-,12+,16-;/m0./s1. The average molecular weight is 403 g/mol. The molecule has 2 fully saturated rings. The summed E-state index contributed by atoms with van der Waals surface area (Å²) < 4.78 is 31.7. The number of hydroxylamine groups is 2. The van der Waals surface area contributed by atoms with Crippen LogP contribution in [0.15, 0.2) is 12.1 Å². The average Bonchev–Trinajstić information content (AvgIpc) is 2.60. The summed E-state index contributed by atoms with van der Waals surface area (Å²) in [5, 5.41) is 40.2. The van der Waals surface area contributed by atoms with Crippen molar-refractivity contribution in [3.05, 3.63) is 28.5 Å². The first-order chi connectivity index (χ1) is 13.0. The molecule has 1 saturated heterocycles. The molecule has 1 aromatic carbocycles. The fourth-order valence-corrected chi connectivity index (χ4v) is 5.04. The van der Waals surface area contributed by atoms with Gasteiger partial charge in [-0.25, -0.2) is 4.79 Å². The van der Waals surface area contributed by atoms with Crippen LogP contribution in [0.4, 0.5) is 13.2 Å². The van der Waals surface area contributed by atoms with Crippen molar-refractivity contribution in [3.63, 3.8) is 0 Å². The van der Waals surface area contributed by atoms with Gasteiger partial charge >= 0.3 is 12.1 Å². The Balaban J connectivity index is 0.000000279. The van der Waals surface area contributed by atoms with Crippen molar-refractivity contribution in [3.8, 4) is 11.5 Å². The number of phenols is 2. The number of quaternary nitrogens is 1. The number of hydrogen-bond donors (Lipinski definition) is 4. The first kappa shape index (κ1) is 20.4. The molecule has 10 heteroatoms. The number of phenolic OH excluding ortho intramolecular Hbond substituents is 2. The van der Waals surface area contributed by atoms with Crippen LogP contribution in [0.3, 0.4) is 0 Å². The Morgan fingerprint density at radius 3 is 2.46 bits per heavy atom. The van der Waals surface area contributed by atoms with Gasteiger partial charge in [0.05, 0.1) is 12.6 Å². The minimum absolute atomic E-state index is 0.105. The fourth-order valence-electron chi connectivity index (χ4n) is 5.04. The Morgan fingerprint density at radius 1 is 1.25 bits per heavy atom. The lowest BCUT2D eigenvalue weighted by Gasteiger charge is -2.57. The number of halogens is 3. The first-order valence-electron chi connectivity index (χ1n) is 8.86. The summed E-state index contributed by atoms with van der Waals surface area (Å²) in [5.74, 6) is -2.12. The molecule has 2 bridgehead atoms. The number of ketones is 1. The Kier molecular flexibility index (Phi) is 5.05. The molecular formula is C18H20F3NO6. The SMILES string of the molecule is O=C(O)C(F)(F)F.O=C1CC[C@H]2[C@H]3Cc4c(O)ccc(O)c4[C@@]2(CC[NH+]3[O-])C1. The molecule has 0 radical (unpaired) electrons. The Bertz CT molecular complexity index is 811. The Hall–Kier alpha value is -2.33. The van der Waals surface area contributed by atoms with Gasteiger partial charge in [0, 0.05) is 48.1 Å². The van der Waals surface area contributed by atoms with Crippen molar-refractivity contribution in [2.45, 2.75) is 49.7 Å². The summed E-state index contributed by atoms with van der Waals surface area (Å²) in [5.41, 5.74) is 0.980. The first-order valence-corrected chi connectivity index (χ1v) is 8.86. The molecule has 0 aromatic heterocycles. The molecule has 1 unspecified atom stereocenters. The van der Waals surface area contributed by atoms with Crippen LogP contribution in [-0.4, -0.2) is 45.8 Å². The summed E-state index contributed by atoms with van der Waals surface area (Å²) in [7, 11) is 0. The van der Waals surface area contributed by atoms with E-state index in [0.29, 0.717) is 37.8 Å². The summed E-state index contributed by atoms with van der Waals surface area (Å²) in [6.07, 6.45) is -2.32. The second-order valence-electron chi connectivity index (χ2n) is 7.55. The quantitative estimate of drug-likeness (QED) is 0.379. The van der Waals surface area contributed by atoms with Crippen molar-refractivity contribution in [1.82, 2.24) is 0 Å². The lowest BCUT2D eigenvalue weighted by atomic mass is 9.52. The van der Waals surface area contributed by atoms with E-state index in [1.165, 1.54) is 12.1 Å². The zero-order valence-electron chi connectivity index (χ0n) is 14.8. The van der Waals surface area contributed by atoms with E-state index in [1.807, 2.05) is 0 Å². The number of carboxylic acids is 1. The normalized spacial score (nSPS) is 31.1. The van der Waals surface area contributed by atoms with E-state index in [2.05, 4.69) is 0 Å². The lowest BCUT2D eigenvalue weighted by molar-refractivity contribution is -0.889. The van der Waals surface area contributed by atoms with Crippen molar-refractivity contribution in [1.29, 1.82) is 0 Å². The molecule has 1 saturated carbocycles. The zero-order chi connectivity index (χ0) is 20.9. The van der Waals surface area contributed by atoms with Gasteiger partial charge in [0.1, 0.15) is 17.3 Å². The van der Waals surface area contributed by atoms with Crippen LogP contribution in [0, 0.1) is 11.1 Å². The molecule has 0 amide bonds. The van der Waals surface area contributed by atoms with Gasteiger partial charge in [0.2, 0.25) is 0 Å². The van der Waals surface area contributed by atoms with Crippen LogP contribution in [0.5, 0.6) is 11.5 Å².